The molecule has 3 aromatic rings. The SMILES string of the molecule is CC1=C(C(=O)Nc2ccc(F)c(Cl)c2)C(c2ccccc2)C(C(=O)Nc2ccc(F)c(Cl)c2)=C(C)N1. The first kappa shape index (κ1) is 25.4. The summed E-state index contributed by atoms with van der Waals surface area (Å²) in [6.07, 6.45) is 0. The van der Waals surface area contributed by atoms with Gasteiger partial charge in [0.1, 0.15) is 11.6 Å². The Labute approximate surface area is 216 Å². The van der Waals surface area contributed by atoms with E-state index in [-0.39, 0.29) is 10.0 Å². The van der Waals surface area contributed by atoms with Crippen LogP contribution in [0.25, 0.3) is 0 Å². The number of rotatable bonds is 5. The molecular formula is C27H21Cl2F2N3O2. The van der Waals surface area contributed by atoms with E-state index >= 15 is 0 Å². The number of hydrogen-bond donors (Lipinski definition) is 3. The van der Waals surface area contributed by atoms with Crippen LogP contribution in [-0.2, 0) is 9.59 Å². The molecule has 36 heavy (non-hydrogen) atoms. The first-order valence-electron chi connectivity index (χ1n) is 10.9. The summed E-state index contributed by atoms with van der Waals surface area (Å²) >= 11 is 11.7. The van der Waals surface area contributed by atoms with Gasteiger partial charge in [0, 0.05) is 39.8 Å². The summed E-state index contributed by atoms with van der Waals surface area (Å²) in [5, 5.41) is 8.35. The van der Waals surface area contributed by atoms with Crippen molar-refractivity contribution < 1.29 is 18.4 Å². The smallest absolute Gasteiger partial charge is 0.254 e. The molecular weight excluding hydrogens is 507 g/mol. The zero-order valence-electron chi connectivity index (χ0n) is 19.3. The van der Waals surface area contributed by atoms with Crippen molar-refractivity contribution in [2.24, 2.45) is 0 Å². The third-order valence-electron chi connectivity index (χ3n) is 5.74. The van der Waals surface area contributed by atoms with Crippen LogP contribution in [0.4, 0.5) is 20.2 Å². The fourth-order valence-electron chi connectivity index (χ4n) is 4.12. The second-order valence-corrected chi connectivity index (χ2v) is 9.03. The standard InChI is InChI=1S/C27H21Cl2F2N3O2/c1-14-23(26(35)33-17-8-10-21(30)19(28)12-17)25(16-6-4-3-5-7-16)24(15(2)32-14)27(36)34-18-9-11-22(31)20(29)13-18/h3-13,25,32H,1-2H3,(H,33,35)(H,34,36). The van der Waals surface area contributed by atoms with Crippen LogP contribution in [0.2, 0.25) is 10.0 Å². The normalized spacial score (nSPS) is 13.9. The third-order valence-corrected chi connectivity index (χ3v) is 6.32. The molecule has 0 saturated carbocycles. The average molecular weight is 528 g/mol. The van der Waals surface area contributed by atoms with Crippen molar-refractivity contribution in [3.8, 4) is 0 Å². The summed E-state index contributed by atoms with van der Waals surface area (Å²) in [6.45, 7) is 3.47. The molecule has 9 heteroatoms. The van der Waals surface area contributed by atoms with Crippen molar-refractivity contribution >= 4 is 46.4 Å². The van der Waals surface area contributed by atoms with E-state index in [1.165, 1.54) is 24.3 Å². The van der Waals surface area contributed by atoms with Gasteiger partial charge in [-0.15, -0.1) is 0 Å². The third kappa shape index (κ3) is 5.27. The molecule has 1 heterocycles. The van der Waals surface area contributed by atoms with Crippen LogP contribution in [0, 0.1) is 11.6 Å². The van der Waals surface area contributed by atoms with Crippen molar-refractivity contribution in [3.05, 3.63) is 117 Å². The van der Waals surface area contributed by atoms with E-state index in [0.717, 1.165) is 12.1 Å². The van der Waals surface area contributed by atoms with Gasteiger partial charge in [0.2, 0.25) is 0 Å². The molecule has 0 saturated heterocycles. The highest BCUT2D eigenvalue weighted by Gasteiger charge is 2.36. The molecule has 1 aliphatic rings. The van der Waals surface area contributed by atoms with Crippen LogP contribution < -0.4 is 16.0 Å². The zero-order chi connectivity index (χ0) is 26.0. The highest BCUT2D eigenvalue weighted by Crippen LogP contribution is 2.39. The Kier molecular flexibility index (Phi) is 7.43. The van der Waals surface area contributed by atoms with Crippen molar-refractivity contribution in [2.45, 2.75) is 19.8 Å². The zero-order valence-corrected chi connectivity index (χ0v) is 20.8. The van der Waals surface area contributed by atoms with E-state index in [2.05, 4.69) is 16.0 Å². The summed E-state index contributed by atoms with van der Waals surface area (Å²) in [5.74, 6) is -2.92. The quantitative estimate of drug-likeness (QED) is 0.342. The largest absolute Gasteiger partial charge is 0.362 e. The molecule has 0 aliphatic carbocycles. The number of dihydropyridines is 1. The first-order chi connectivity index (χ1) is 17.2. The molecule has 0 unspecified atom stereocenters. The molecule has 3 aromatic carbocycles. The topological polar surface area (TPSA) is 70.2 Å². The van der Waals surface area contributed by atoms with E-state index < -0.39 is 29.4 Å². The Balaban J connectivity index is 1.73. The van der Waals surface area contributed by atoms with Gasteiger partial charge >= 0.3 is 0 Å². The van der Waals surface area contributed by atoms with Gasteiger partial charge in [-0.3, -0.25) is 9.59 Å². The lowest BCUT2D eigenvalue weighted by Crippen LogP contribution is -2.35. The Morgan fingerprint density at radius 2 is 1.19 bits per heavy atom. The summed E-state index contributed by atoms with van der Waals surface area (Å²) < 4.78 is 27.2. The summed E-state index contributed by atoms with van der Waals surface area (Å²) in [4.78, 5) is 27.0. The molecule has 184 valence electrons. The molecule has 0 spiro atoms. The maximum atomic E-state index is 13.6. The minimum absolute atomic E-state index is 0.131. The van der Waals surface area contributed by atoms with Crippen LogP contribution in [0.3, 0.4) is 0 Å². The first-order valence-corrected chi connectivity index (χ1v) is 11.7. The van der Waals surface area contributed by atoms with Crippen LogP contribution in [0.5, 0.6) is 0 Å². The number of carbonyl (C=O) groups excluding carboxylic acids is 2. The molecule has 4 rings (SSSR count). The molecule has 2 amide bonds. The van der Waals surface area contributed by atoms with Crippen LogP contribution in [0.15, 0.2) is 89.3 Å². The number of carbonyl (C=O) groups is 2. The molecule has 5 nitrogen and oxygen atoms in total. The van der Waals surface area contributed by atoms with Gasteiger partial charge in [-0.25, -0.2) is 8.78 Å². The second kappa shape index (κ2) is 10.5. The van der Waals surface area contributed by atoms with E-state index in [4.69, 9.17) is 23.2 Å². The van der Waals surface area contributed by atoms with Gasteiger partial charge in [0.25, 0.3) is 11.8 Å². The number of allylic oxidation sites excluding steroid dienone is 2. The lowest BCUT2D eigenvalue weighted by molar-refractivity contribution is -0.113. The fraction of sp³-hybridized carbons (Fsp3) is 0.111. The van der Waals surface area contributed by atoms with E-state index in [9.17, 15) is 18.4 Å². The fourth-order valence-corrected chi connectivity index (χ4v) is 4.48. The predicted molar refractivity (Wildman–Crippen MR) is 138 cm³/mol. The maximum Gasteiger partial charge on any atom is 0.254 e. The number of benzene rings is 3. The van der Waals surface area contributed by atoms with Crippen LogP contribution in [0.1, 0.15) is 25.3 Å². The highest BCUT2D eigenvalue weighted by atomic mass is 35.5. The van der Waals surface area contributed by atoms with Crippen LogP contribution in [-0.4, -0.2) is 11.8 Å². The monoisotopic (exact) mass is 527 g/mol. The summed E-state index contributed by atoms with van der Waals surface area (Å²) in [5.41, 5.74) is 3.02. The summed E-state index contributed by atoms with van der Waals surface area (Å²) in [6, 6.07) is 16.8. The Morgan fingerprint density at radius 1 is 0.750 bits per heavy atom. The van der Waals surface area contributed by atoms with E-state index in [1.807, 2.05) is 30.3 Å². The Morgan fingerprint density at radius 3 is 1.61 bits per heavy atom. The van der Waals surface area contributed by atoms with Crippen molar-refractivity contribution in [2.75, 3.05) is 10.6 Å². The van der Waals surface area contributed by atoms with Crippen molar-refractivity contribution in [1.29, 1.82) is 0 Å². The number of hydrogen-bond acceptors (Lipinski definition) is 3. The average Bonchev–Trinajstić information content (AvgIpc) is 2.83. The maximum absolute atomic E-state index is 13.6. The minimum atomic E-state index is -0.737. The molecule has 1 aliphatic heterocycles. The lowest BCUT2D eigenvalue weighted by atomic mass is 9.79. The van der Waals surface area contributed by atoms with E-state index in [1.54, 1.807) is 13.8 Å². The number of halogens is 4. The Hall–Kier alpha value is -3.68. The lowest BCUT2D eigenvalue weighted by Gasteiger charge is -2.31. The van der Waals surface area contributed by atoms with Crippen molar-refractivity contribution in [3.63, 3.8) is 0 Å². The Bertz CT molecular complexity index is 1330. The van der Waals surface area contributed by atoms with Gasteiger partial charge < -0.3 is 16.0 Å². The van der Waals surface area contributed by atoms with Crippen LogP contribution >= 0.6 is 23.2 Å². The highest BCUT2D eigenvalue weighted by molar-refractivity contribution is 6.31. The predicted octanol–water partition coefficient (Wildman–Crippen LogP) is 6.78. The molecule has 0 aromatic heterocycles. The van der Waals surface area contributed by atoms with Gasteiger partial charge in [0.15, 0.2) is 0 Å². The number of nitrogens with one attached hydrogen (secondary N) is 3. The molecule has 0 radical (unpaired) electrons. The molecule has 3 N–H and O–H groups in total. The van der Waals surface area contributed by atoms with Gasteiger partial charge in [-0.2, -0.15) is 0 Å². The van der Waals surface area contributed by atoms with Gasteiger partial charge in [-0.05, 0) is 55.8 Å². The van der Waals surface area contributed by atoms with Gasteiger partial charge in [0.05, 0.1) is 10.0 Å². The van der Waals surface area contributed by atoms with Crippen molar-refractivity contribution in [1.82, 2.24) is 5.32 Å². The molecule has 0 fully saturated rings. The second-order valence-electron chi connectivity index (χ2n) is 8.21. The number of anilines is 2. The minimum Gasteiger partial charge on any atom is -0.362 e. The number of amides is 2. The molecule has 0 atom stereocenters. The van der Waals surface area contributed by atoms with E-state index in [0.29, 0.717) is 39.5 Å². The molecule has 0 bridgehead atoms. The summed E-state index contributed by atoms with van der Waals surface area (Å²) in [7, 11) is 0. The van der Waals surface area contributed by atoms with Gasteiger partial charge in [-0.1, -0.05) is 53.5 Å².